The largest absolute Gasteiger partial charge is 0.376 e. The molecule has 0 bridgehead atoms. The second kappa shape index (κ2) is 11.1. The maximum atomic E-state index is 12.7. The maximum Gasteiger partial charge on any atom is 0.239 e. The molecule has 0 radical (unpaired) electrons. The van der Waals surface area contributed by atoms with Crippen molar-refractivity contribution in [1.29, 1.82) is 0 Å². The molecule has 2 aliphatic heterocycles. The van der Waals surface area contributed by atoms with Crippen LogP contribution in [0.25, 0.3) is 0 Å². The van der Waals surface area contributed by atoms with Crippen molar-refractivity contribution in [2.75, 3.05) is 38.2 Å². The Morgan fingerprint density at radius 2 is 1.83 bits per heavy atom. The predicted molar refractivity (Wildman–Crippen MR) is 107 cm³/mol. The van der Waals surface area contributed by atoms with Crippen LogP contribution in [0.5, 0.6) is 0 Å². The summed E-state index contributed by atoms with van der Waals surface area (Å²) < 4.78 is 16.0. The molecule has 3 amide bonds. The van der Waals surface area contributed by atoms with Crippen LogP contribution in [0.1, 0.15) is 44.3 Å². The van der Waals surface area contributed by atoms with Crippen LogP contribution in [0.3, 0.4) is 0 Å². The maximum absolute atomic E-state index is 12.7. The molecule has 0 spiro atoms. The topological polar surface area (TPSA) is 123 Å². The number of hydrogen-bond donors (Lipinski definition) is 2. The number of carbonyl (C=O) groups excluding carboxylic acids is 3. The van der Waals surface area contributed by atoms with Crippen molar-refractivity contribution in [1.82, 2.24) is 15.4 Å². The van der Waals surface area contributed by atoms with Gasteiger partial charge >= 0.3 is 0 Å². The van der Waals surface area contributed by atoms with Gasteiger partial charge in [-0.2, -0.15) is 0 Å². The van der Waals surface area contributed by atoms with E-state index in [0.29, 0.717) is 31.3 Å². The average molecular weight is 422 g/mol. The smallest absolute Gasteiger partial charge is 0.239 e. The van der Waals surface area contributed by atoms with Crippen LogP contribution >= 0.6 is 0 Å². The van der Waals surface area contributed by atoms with Gasteiger partial charge < -0.3 is 29.5 Å². The van der Waals surface area contributed by atoms with Gasteiger partial charge in [0.15, 0.2) is 5.82 Å². The molecule has 0 aliphatic carbocycles. The molecule has 2 saturated heterocycles. The van der Waals surface area contributed by atoms with Crippen molar-refractivity contribution in [2.24, 2.45) is 0 Å². The minimum atomic E-state index is -0.337. The average Bonchev–Trinajstić information content (AvgIpc) is 3.48. The second-order valence-electron chi connectivity index (χ2n) is 7.72. The second-order valence-corrected chi connectivity index (χ2v) is 7.72. The summed E-state index contributed by atoms with van der Waals surface area (Å²) in [5.74, 6) is 0.0629. The summed E-state index contributed by atoms with van der Waals surface area (Å²) >= 11 is 0. The van der Waals surface area contributed by atoms with Crippen LogP contribution < -0.4 is 10.6 Å². The molecule has 2 N–H and O–H groups in total. The van der Waals surface area contributed by atoms with Gasteiger partial charge in [0.2, 0.25) is 17.7 Å². The first-order chi connectivity index (χ1) is 14.5. The summed E-state index contributed by atoms with van der Waals surface area (Å²) in [7, 11) is 0. The Labute approximate surface area is 175 Å². The number of nitrogens with one attached hydrogen (secondary N) is 2. The Hall–Kier alpha value is -2.46. The fourth-order valence-corrected chi connectivity index (χ4v) is 3.56. The molecule has 10 heteroatoms. The predicted octanol–water partition coefficient (Wildman–Crippen LogP) is 1.00. The lowest BCUT2D eigenvalue weighted by atomic mass is 10.2. The number of rotatable bonds is 10. The number of amides is 3. The lowest BCUT2D eigenvalue weighted by molar-refractivity contribution is -0.138. The van der Waals surface area contributed by atoms with E-state index in [1.807, 2.05) is 0 Å². The number of aromatic nitrogens is 1. The molecule has 3 rings (SSSR count). The summed E-state index contributed by atoms with van der Waals surface area (Å²) in [6.07, 6.45) is 3.68. The summed E-state index contributed by atoms with van der Waals surface area (Å²) in [4.78, 5) is 38.7. The quantitative estimate of drug-likeness (QED) is 0.577. The number of nitrogens with zero attached hydrogens (tertiary/aromatic N) is 2. The molecule has 1 aromatic heterocycles. The molecule has 3 heterocycles. The fourth-order valence-electron chi connectivity index (χ4n) is 3.56. The zero-order valence-corrected chi connectivity index (χ0v) is 17.4. The normalized spacial score (nSPS) is 20.8. The van der Waals surface area contributed by atoms with Crippen LogP contribution in [0.2, 0.25) is 0 Å². The minimum Gasteiger partial charge on any atom is -0.376 e. The van der Waals surface area contributed by atoms with E-state index >= 15 is 0 Å². The van der Waals surface area contributed by atoms with E-state index in [1.54, 1.807) is 13.0 Å². The van der Waals surface area contributed by atoms with Crippen molar-refractivity contribution >= 4 is 23.5 Å². The molecule has 2 fully saturated rings. The monoisotopic (exact) mass is 422 g/mol. The van der Waals surface area contributed by atoms with Crippen LogP contribution in [-0.4, -0.2) is 72.8 Å². The van der Waals surface area contributed by atoms with Gasteiger partial charge in [-0.15, -0.1) is 0 Å². The van der Waals surface area contributed by atoms with Gasteiger partial charge in [0.25, 0.3) is 0 Å². The van der Waals surface area contributed by atoms with E-state index in [9.17, 15) is 14.4 Å². The van der Waals surface area contributed by atoms with Gasteiger partial charge in [0.1, 0.15) is 5.76 Å². The standard InChI is InChI=1S/C20H30N4O6/c1-14-10-17(23-30-14)22-18(25)6-7-20(27)24(12-16-5-3-9-29-16)13-19(26)21-11-15-4-2-8-28-15/h10,15-16H,2-9,11-13H2,1H3,(H,21,26)(H,22,23,25). The van der Waals surface area contributed by atoms with E-state index < -0.39 is 0 Å². The molecule has 0 aromatic carbocycles. The van der Waals surface area contributed by atoms with Crippen LogP contribution in [-0.2, 0) is 23.9 Å². The van der Waals surface area contributed by atoms with Crippen LogP contribution in [0, 0.1) is 6.92 Å². The summed E-state index contributed by atoms with van der Waals surface area (Å²) in [6, 6.07) is 1.60. The number of ether oxygens (including phenoxy) is 2. The SMILES string of the molecule is Cc1cc(NC(=O)CCC(=O)N(CC(=O)NCC2CCCO2)CC2CCCO2)no1. The van der Waals surface area contributed by atoms with E-state index in [-0.39, 0.29) is 49.3 Å². The van der Waals surface area contributed by atoms with Crippen molar-refractivity contribution < 1.29 is 28.4 Å². The Bertz CT molecular complexity index is 725. The lowest BCUT2D eigenvalue weighted by Gasteiger charge is -2.25. The van der Waals surface area contributed by atoms with Gasteiger partial charge in [0.05, 0.1) is 18.8 Å². The van der Waals surface area contributed by atoms with E-state index in [0.717, 1.165) is 32.3 Å². The number of anilines is 1. The number of hydrogen-bond acceptors (Lipinski definition) is 7. The highest BCUT2D eigenvalue weighted by Crippen LogP contribution is 2.15. The summed E-state index contributed by atoms with van der Waals surface area (Å²) in [5.41, 5.74) is 0. The van der Waals surface area contributed by atoms with Crippen LogP contribution in [0.15, 0.2) is 10.6 Å². The number of aryl methyl sites for hydroxylation is 1. The van der Waals surface area contributed by atoms with Gasteiger partial charge in [-0.1, -0.05) is 5.16 Å². The molecule has 2 atom stereocenters. The first-order valence-electron chi connectivity index (χ1n) is 10.5. The zero-order chi connectivity index (χ0) is 21.3. The molecule has 166 valence electrons. The van der Waals surface area contributed by atoms with Crippen LogP contribution in [0.4, 0.5) is 5.82 Å². The number of carbonyl (C=O) groups is 3. The first-order valence-corrected chi connectivity index (χ1v) is 10.5. The highest BCUT2D eigenvalue weighted by atomic mass is 16.5. The Kier molecular flexibility index (Phi) is 8.21. The molecular weight excluding hydrogens is 392 g/mol. The minimum absolute atomic E-state index is 0.00555. The molecule has 0 saturated carbocycles. The molecular formula is C20H30N4O6. The van der Waals surface area contributed by atoms with E-state index in [4.69, 9.17) is 14.0 Å². The van der Waals surface area contributed by atoms with Crippen molar-refractivity contribution in [3.05, 3.63) is 11.8 Å². The molecule has 2 aliphatic rings. The van der Waals surface area contributed by atoms with Gasteiger partial charge in [-0.25, -0.2) is 0 Å². The third-order valence-corrected chi connectivity index (χ3v) is 5.15. The highest BCUT2D eigenvalue weighted by molar-refractivity contribution is 5.93. The Morgan fingerprint density at radius 3 is 2.47 bits per heavy atom. The van der Waals surface area contributed by atoms with Gasteiger partial charge in [-0.05, 0) is 32.6 Å². The van der Waals surface area contributed by atoms with Gasteiger partial charge in [-0.3, -0.25) is 14.4 Å². The Morgan fingerprint density at radius 1 is 1.10 bits per heavy atom. The lowest BCUT2D eigenvalue weighted by Crippen LogP contribution is -2.45. The molecule has 2 unspecified atom stereocenters. The first kappa shape index (κ1) is 22.2. The van der Waals surface area contributed by atoms with Gasteiger partial charge in [0, 0.05) is 45.2 Å². The molecule has 10 nitrogen and oxygen atoms in total. The third kappa shape index (κ3) is 7.10. The molecule has 30 heavy (non-hydrogen) atoms. The van der Waals surface area contributed by atoms with Crippen molar-refractivity contribution in [3.8, 4) is 0 Å². The van der Waals surface area contributed by atoms with E-state index in [2.05, 4.69) is 15.8 Å². The third-order valence-electron chi connectivity index (χ3n) is 5.15. The zero-order valence-electron chi connectivity index (χ0n) is 17.4. The summed E-state index contributed by atoms with van der Waals surface area (Å²) in [5, 5.41) is 9.13. The van der Waals surface area contributed by atoms with Crippen molar-refractivity contribution in [2.45, 2.75) is 57.7 Å². The van der Waals surface area contributed by atoms with Crippen molar-refractivity contribution in [3.63, 3.8) is 0 Å². The molecule has 1 aromatic rings. The summed E-state index contributed by atoms with van der Waals surface area (Å²) in [6.45, 7) is 3.84. The highest BCUT2D eigenvalue weighted by Gasteiger charge is 2.25. The van der Waals surface area contributed by atoms with E-state index in [1.165, 1.54) is 4.90 Å². The fraction of sp³-hybridized carbons (Fsp3) is 0.700. The Balaban J connectivity index is 1.47.